The number of hydrogen-bond donors (Lipinski definition) is 0. The van der Waals surface area contributed by atoms with E-state index in [4.69, 9.17) is 21.1 Å². The third-order valence-electron chi connectivity index (χ3n) is 7.17. The van der Waals surface area contributed by atoms with E-state index in [1.807, 2.05) is 51.1 Å². The molecule has 1 atom stereocenters. The van der Waals surface area contributed by atoms with Gasteiger partial charge in [-0.2, -0.15) is 0 Å². The summed E-state index contributed by atoms with van der Waals surface area (Å²) in [6.07, 6.45) is 0.498. The van der Waals surface area contributed by atoms with Crippen molar-refractivity contribution in [3.05, 3.63) is 92.7 Å². The van der Waals surface area contributed by atoms with Gasteiger partial charge in [-0.1, -0.05) is 45.7 Å². The molecule has 6 nitrogen and oxygen atoms in total. The van der Waals surface area contributed by atoms with Crippen LogP contribution in [0, 0.1) is 12.7 Å². The summed E-state index contributed by atoms with van der Waals surface area (Å²) in [4.78, 5) is 29.8. The van der Waals surface area contributed by atoms with Gasteiger partial charge < -0.3 is 19.3 Å². The van der Waals surface area contributed by atoms with E-state index in [0.717, 1.165) is 15.6 Å². The van der Waals surface area contributed by atoms with Crippen molar-refractivity contribution in [1.29, 1.82) is 0 Å². The van der Waals surface area contributed by atoms with Gasteiger partial charge in [0.2, 0.25) is 5.91 Å². The lowest BCUT2D eigenvalue weighted by Gasteiger charge is -2.32. The molecule has 0 spiro atoms. The maximum absolute atomic E-state index is 13.6. The van der Waals surface area contributed by atoms with Crippen molar-refractivity contribution in [3.8, 4) is 11.5 Å². The minimum atomic E-state index is -0.603. The highest BCUT2D eigenvalue weighted by Gasteiger charge is 2.44. The molecule has 9 heteroatoms. The summed E-state index contributed by atoms with van der Waals surface area (Å²) in [5, 5.41) is 0.459. The smallest absolute Gasteiger partial charge is 0.410 e. The molecule has 0 aromatic heterocycles. The fraction of sp³-hybridized carbons (Fsp3) is 0.375. The van der Waals surface area contributed by atoms with Gasteiger partial charge in [-0.3, -0.25) is 4.79 Å². The highest BCUT2D eigenvalue weighted by Crippen LogP contribution is 2.39. The number of rotatable bonds is 7. The average molecular weight is 646 g/mol. The van der Waals surface area contributed by atoms with E-state index >= 15 is 0 Å². The van der Waals surface area contributed by atoms with Gasteiger partial charge >= 0.3 is 6.09 Å². The molecular weight excluding hydrogens is 611 g/mol. The van der Waals surface area contributed by atoms with Crippen LogP contribution in [-0.4, -0.2) is 47.5 Å². The quantitative estimate of drug-likeness (QED) is 0.260. The number of likely N-dealkylation sites (tertiary alicyclic amines) is 1. The van der Waals surface area contributed by atoms with Gasteiger partial charge in [-0.25, -0.2) is 9.18 Å². The Morgan fingerprint density at radius 1 is 1.07 bits per heavy atom. The van der Waals surface area contributed by atoms with Crippen LogP contribution in [0.1, 0.15) is 50.3 Å². The first-order valence-electron chi connectivity index (χ1n) is 13.5. The fourth-order valence-electron chi connectivity index (χ4n) is 4.94. The standard InChI is InChI=1S/C32H35BrClFN2O4/c1-21-16-25(12-13-28(21)35)40-26-11-6-22(27(34)17-26)19-36(5)29(38)18-32(23-7-9-24(33)10-8-23)14-15-37(20-32)30(39)41-31(2,3)4/h6-13,16-17H,14-15,18-20H2,1-5H3. The Morgan fingerprint density at radius 2 is 1.73 bits per heavy atom. The zero-order valence-corrected chi connectivity index (χ0v) is 26.3. The maximum Gasteiger partial charge on any atom is 0.410 e. The van der Waals surface area contributed by atoms with Gasteiger partial charge in [-0.05, 0) is 93.3 Å². The van der Waals surface area contributed by atoms with Crippen LogP contribution in [0.15, 0.2) is 65.1 Å². The Hall–Kier alpha value is -3.10. The highest BCUT2D eigenvalue weighted by atomic mass is 79.9. The minimum Gasteiger partial charge on any atom is -0.457 e. The van der Waals surface area contributed by atoms with Crippen LogP contribution in [0.4, 0.5) is 9.18 Å². The minimum absolute atomic E-state index is 0.0582. The first-order chi connectivity index (χ1) is 19.2. The summed E-state index contributed by atoms with van der Waals surface area (Å²) < 4.78 is 26.0. The zero-order chi connectivity index (χ0) is 29.9. The topological polar surface area (TPSA) is 59.1 Å². The molecule has 41 heavy (non-hydrogen) atoms. The van der Waals surface area contributed by atoms with Gasteiger partial charge in [-0.15, -0.1) is 0 Å². The number of benzene rings is 3. The van der Waals surface area contributed by atoms with E-state index in [2.05, 4.69) is 15.9 Å². The van der Waals surface area contributed by atoms with Gasteiger partial charge in [0.15, 0.2) is 0 Å². The van der Waals surface area contributed by atoms with Crippen molar-refractivity contribution >= 4 is 39.5 Å². The normalized spacial score (nSPS) is 16.9. The predicted octanol–water partition coefficient (Wildman–Crippen LogP) is 8.27. The Morgan fingerprint density at radius 3 is 2.37 bits per heavy atom. The fourth-order valence-corrected chi connectivity index (χ4v) is 5.44. The molecule has 0 saturated carbocycles. The molecule has 1 heterocycles. The second kappa shape index (κ2) is 12.4. The lowest BCUT2D eigenvalue weighted by atomic mass is 9.76. The van der Waals surface area contributed by atoms with Crippen LogP contribution < -0.4 is 4.74 Å². The summed E-state index contributed by atoms with van der Waals surface area (Å²) in [6, 6.07) is 17.8. The third-order valence-corrected chi connectivity index (χ3v) is 8.06. The van der Waals surface area contributed by atoms with Crippen LogP contribution in [0.5, 0.6) is 11.5 Å². The number of carbonyl (C=O) groups is 2. The van der Waals surface area contributed by atoms with Gasteiger partial charge in [0.05, 0.1) is 0 Å². The second-order valence-electron chi connectivity index (χ2n) is 11.6. The Kier molecular flexibility index (Phi) is 9.34. The zero-order valence-electron chi connectivity index (χ0n) is 24.0. The first kappa shape index (κ1) is 30.8. The number of carbonyl (C=O) groups excluding carboxylic acids is 2. The predicted molar refractivity (Wildman–Crippen MR) is 162 cm³/mol. The van der Waals surface area contributed by atoms with E-state index < -0.39 is 11.0 Å². The number of hydrogen-bond acceptors (Lipinski definition) is 4. The Bertz CT molecular complexity index is 1430. The lowest BCUT2D eigenvalue weighted by Crippen LogP contribution is -2.41. The summed E-state index contributed by atoms with van der Waals surface area (Å²) in [6.45, 7) is 8.40. The highest BCUT2D eigenvalue weighted by molar-refractivity contribution is 9.10. The summed E-state index contributed by atoms with van der Waals surface area (Å²) in [7, 11) is 1.75. The Labute approximate surface area is 254 Å². The third kappa shape index (κ3) is 7.80. The largest absolute Gasteiger partial charge is 0.457 e. The molecule has 3 aromatic rings. The molecule has 0 bridgehead atoms. The van der Waals surface area contributed by atoms with Gasteiger partial charge in [0.1, 0.15) is 22.9 Å². The van der Waals surface area contributed by atoms with E-state index in [-0.39, 0.29) is 24.2 Å². The molecule has 3 aromatic carbocycles. The number of amides is 2. The summed E-state index contributed by atoms with van der Waals surface area (Å²) in [5.74, 6) is 0.670. The van der Waals surface area contributed by atoms with E-state index in [9.17, 15) is 14.0 Å². The van der Waals surface area contributed by atoms with Crippen molar-refractivity contribution in [2.45, 2.75) is 58.1 Å². The molecule has 1 fully saturated rings. The summed E-state index contributed by atoms with van der Waals surface area (Å²) >= 11 is 10.1. The van der Waals surface area contributed by atoms with Crippen molar-refractivity contribution in [1.82, 2.24) is 9.80 Å². The molecule has 0 aliphatic carbocycles. The van der Waals surface area contributed by atoms with Crippen molar-refractivity contribution < 1.29 is 23.5 Å². The SMILES string of the molecule is Cc1cc(Oc2ccc(CN(C)C(=O)CC3(c4ccc(Br)cc4)CCN(C(=O)OC(C)(C)C)C3)c(Cl)c2)ccc1F. The number of aryl methyl sites for hydroxylation is 1. The average Bonchev–Trinajstić information content (AvgIpc) is 3.32. The van der Waals surface area contributed by atoms with Crippen LogP contribution in [-0.2, 0) is 21.5 Å². The molecule has 2 amide bonds. The molecule has 1 unspecified atom stereocenters. The van der Waals surface area contributed by atoms with Gasteiger partial charge in [0.25, 0.3) is 0 Å². The number of halogens is 3. The first-order valence-corrected chi connectivity index (χ1v) is 14.6. The molecular formula is C32H35BrClFN2O4. The van der Waals surface area contributed by atoms with Crippen LogP contribution in [0.2, 0.25) is 5.02 Å². The molecule has 1 aliphatic rings. The molecule has 1 saturated heterocycles. The van der Waals surface area contributed by atoms with E-state index in [0.29, 0.717) is 48.1 Å². The molecule has 1 aliphatic heterocycles. The summed E-state index contributed by atoms with van der Waals surface area (Å²) in [5.41, 5.74) is 1.11. The maximum atomic E-state index is 13.6. The van der Waals surface area contributed by atoms with Crippen molar-refractivity contribution in [2.24, 2.45) is 0 Å². The number of nitrogens with zero attached hydrogens (tertiary/aromatic N) is 2. The van der Waals surface area contributed by atoms with Crippen LogP contribution in [0.3, 0.4) is 0 Å². The monoisotopic (exact) mass is 644 g/mol. The number of ether oxygens (including phenoxy) is 2. The Balaban J connectivity index is 1.47. The van der Waals surface area contributed by atoms with Crippen molar-refractivity contribution in [3.63, 3.8) is 0 Å². The van der Waals surface area contributed by atoms with Gasteiger partial charge in [0, 0.05) is 48.0 Å². The molecule has 0 N–H and O–H groups in total. The lowest BCUT2D eigenvalue weighted by molar-refractivity contribution is -0.131. The molecule has 4 rings (SSSR count). The van der Waals surface area contributed by atoms with E-state index in [1.54, 1.807) is 48.0 Å². The van der Waals surface area contributed by atoms with Crippen LogP contribution in [0.25, 0.3) is 0 Å². The molecule has 0 radical (unpaired) electrons. The van der Waals surface area contributed by atoms with Crippen molar-refractivity contribution in [2.75, 3.05) is 20.1 Å². The van der Waals surface area contributed by atoms with Crippen LogP contribution >= 0.6 is 27.5 Å². The molecule has 218 valence electrons. The second-order valence-corrected chi connectivity index (χ2v) is 13.0. The van der Waals surface area contributed by atoms with E-state index in [1.165, 1.54) is 6.07 Å².